The molecular weight excluding hydrogens is 292 g/mol. The Morgan fingerprint density at radius 1 is 1.13 bits per heavy atom. The fourth-order valence-corrected chi connectivity index (χ4v) is 2.73. The number of β-amino-alcohol motifs (C(OH)–C–C–N with tert-alkyl or cyclic N) is 1. The first-order chi connectivity index (χ1) is 11.2. The summed E-state index contributed by atoms with van der Waals surface area (Å²) in [5.74, 6) is -0.0821. The molecule has 0 saturated carbocycles. The van der Waals surface area contributed by atoms with Gasteiger partial charge in [-0.15, -0.1) is 0 Å². The lowest BCUT2D eigenvalue weighted by Crippen LogP contribution is -2.49. The fraction of sp³-hybridized carbons (Fsp3) is 0.353. The van der Waals surface area contributed by atoms with E-state index in [9.17, 15) is 9.90 Å². The van der Waals surface area contributed by atoms with E-state index >= 15 is 0 Å². The number of aliphatic hydroxyl groups is 1. The molecule has 1 aromatic heterocycles. The number of rotatable bonds is 4. The Morgan fingerprint density at radius 2 is 1.87 bits per heavy atom. The predicted octanol–water partition coefficient (Wildman–Crippen LogP) is 0.968. The molecule has 1 fully saturated rings. The topological polar surface area (TPSA) is 69.6 Å². The summed E-state index contributed by atoms with van der Waals surface area (Å²) in [6.07, 6.45) is 4.08. The quantitative estimate of drug-likeness (QED) is 0.911. The Hall–Kier alpha value is -2.31. The molecule has 6 nitrogen and oxygen atoms in total. The van der Waals surface area contributed by atoms with Gasteiger partial charge >= 0.3 is 0 Å². The number of aromatic nitrogens is 2. The molecule has 1 atom stereocenters. The predicted molar refractivity (Wildman–Crippen MR) is 85.8 cm³/mol. The third kappa shape index (κ3) is 3.91. The largest absolute Gasteiger partial charge is 0.387 e. The Morgan fingerprint density at radius 3 is 2.52 bits per heavy atom. The van der Waals surface area contributed by atoms with Crippen molar-refractivity contribution in [2.75, 3.05) is 32.7 Å². The highest BCUT2D eigenvalue weighted by molar-refractivity contribution is 5.92. The number of hydrogen-bond donors (Lipinski definition) is 1. The molecule has 2 heterocycles. The molecule has 3 rings (SSSR count). The molecule has 6 heteroatoms. The lowest BCUT2D eigenvalue weighted by Gasteiger charge is -2.35. The van der Waals surface area contributed by atoms with Crippen molar-refractivity contribution < 1.29 is 9.90 Å². The van der Waals surface area contributed by atoms with Crippen LogP contribution in [0.3, 0.4) is 0 Å². The summed E-state index contributed by atoms with van der Waals surface area (Å²) in [4.78, 5) is 24.3. The van der Waals surface area contributed by atoms with Gasteiger partial charge in [0.25, 0.3) is 5.91 Å². The minimum atomic E-state index is -0.501. The van der Waals surface area contributed by atoms with Gasteiger partial charge in [-0.1, -0.05) is 30.3 Å². The van der Waals surface area contributed by atoms with Gasteiger partial charge in [-0.3, -0.25) is 14.7 Å². The van der Waals surface area contributed by atoms with Crippen LogP contribution in [0, 0.1) is 0 Å². The average molecular weight is 312 g/mol. The lowest BCUT2D eigenvalue weighted by atomic mass is 10.1. The highest BCUT2D eigenvalue weighted by atomic mass is 16.3. The van der Waals surface area contributed by atoms with Crippen LogP contribution >= 0.6 is 0 Å². The molecule has 0 unspecified atom stereocenters. The van der Waals surface area contributed by atoms with Gasteiger partial charge in [0.05, 0.1) is 12.3 Å². The molecule has 1 saturated heterocycles. The maximum Gasteiger partial charge on any atom is 0.274 e. The van der Waals surface area contributed by atoms with Crippen molar-refractivity contribution in [2.45, 2.75) is 6.10 Å². The van der Waals surface area contributed by atoms with Gasteiger partial charge in [0, 0.05) is 45.1 Å². The van der Waals surface area contributed by atoms with Gasteiger partial charge in [-0.05, 0) is 5.56 Å². The van der Waals surface area contributed by atoms with E-state index in [1.807, 2.05) is 30.3 Å². The number of piperazine rings is 1. The van der Waals surface area contributed by atoms with Gasteiger partial charge in [0.15, 0.2) is 0 Å². The average Bonchev–Trinajstić information content (AvgIpc) is 2.63. The van der Waals surface area contributed by atoms with E-state index in [4.69, 9.17) is 0 Å². The van der Waals surface area contributed by atoms with E-state index < -0.39 is 6.10 Å². The highest BCUT2D eigenvalue weighted by Crippen LogP contribution is 2.15. The standard InChI is InChI=1S/C17H20N4O2/c22-16(14-4-2-1-3-5-14)13-20-8-10-21(11-9-20)17(23)15-12-18-6-7-19-15/h1-7,12,16,22H,8-11,13H2/t16-/m0/s1. The molecule has 1 aromatic carbocycles. The molecule has 0 radical (unpaired) electrons. The van der Waals surface area contributed by atoms with Crippen LogP contribution in [-0.4, -0.2) is 63.5 Å². The number of amides is 1. The number of nitrogens with zero attached hydrogens (tertiary/aromatic N) is 4. The van der Waals surface area contributed by atoms with Crippen molar-refractivity contribution in [1.82, 2.24) is 19.8 Å². The van der Waals surface area contributed by atoms with Gasteiger partial charge in [-0.2, -0.15) is 0 Å². The maximum atomic E-state index is 12.3. The molecule has 1 aliphatic rings. The van der Waals surface area contributed by atoms with Crippen LogP contribution in [0.5, 0.6) is 0 Å². The van der Waals surface area contributed by atoms with Gasteiger partial charge in [-0.25, -0.2) is 4.98 Å². The molecule has 2 aromatic rings. The monoisotopic (exact) mass is 312 g/mol. The summed E-state index contributed by atoms with van der Waals surface area (Å²) in [6.45, 7) is 3.34. The van der Waals surface area contributed by atoms with Crippen molar-refractivity contribution in [1.29, 1.82) is 0 Å². The van der Waals surface area contributed by atoms with E-state index in [1.54, 1.807) is 11.1 Å². The van der Waals surface area contributed by atoms with E-state index in [-0.39, 0.29) is 5.91 Å². The van der Waals surface area contributed by atoms with Crippen LogP contribution in [0.4, 0.5) is 0 Å². The van der Waals surface area contributed by atoms with E-state index in [0.717, 1.165) is 18.7 Å². The molecule has 0 bridgehead atoms. The van der Waals surface area contributed by atoms with Crippen LogP contribution in [0.15, 0.2) is 48.9 Å². The third-order valence-electron chi connectivity index (χ3n) is 4.06. The summed E-state index contributed by atoms with van der Waals surface area (Å²) in [7, 11) is 0. The second-order valence-electron chi connectivity index (χ2n) is 5.61. The number of benzene rings is 1. The number of aliphatic hydroxyl groups excluding tert-OH is 1. The molecule has 23 heavy (non-hydrogen) atoms. The normalized spacial score (nSPS) is 17.0. The Balaban J connectivity index is 1.52. The zero-order chi connectivity index (χ0) is 16.1. The fourth-order valence-electron chi connectivity index (χ4n) is 2.73. The SMILES string of the molecule is O=C(c1cnccn1)N1CCN(C[C@H](O)c2ccccc2)CC1. The minimum Gasteiger partial charge on any atom is -0.387 e. The number of carbonyl (C=O) groups is 1. The van der Waals surface area contributed by atoms with E-state index in [2.05, 4.69) is 14.9 Å². The van der Waals surface area contributed by atoms with E-state index in [0.29, 0.717) is 25.3 Å². The van der Waals surface area contributed by atoms with Crippen molar-refractivity contribution in [3.8, 4) is 0 Å². The Bertz CT molecular complexity index is 628. The maximum absolute atomic E-state index is 12.3. The molecule has 120 valence electrons. The van der Waals surface area contributed by atoms with Crippen molar-refractivity contribution >= 4 is 5.91 Å². The number of carbonyl (C=O) groups excluding carboxylic acids is 1. The second-order valence-corrected chi connectivity index (χ2v) is 5.61. The van der Waals surface area contributed by atoms with Crippen LogP contribution in [0.2, 0.25) is 0 Å². The zero-order valence-corrected chi connectivity index (χ0v) is 12.9. The summed E-state index contributed by atoms with van der Waals surface area (Å²) >= 11 is 0. The smallest absolute Gasteiger partial charge is 0.274 e. The van der Waals surface area contributed by atoms with Crippen molar-refractivity contribution in [3.63, 3.8) is 0 Å². The first-order valence-corrected chi connectivity index (χ1v) is 7.74. The summed E-state index contributed by atoms with van der Waals surface area (Å²) in [5, 5.41) is 10.3. The van der Waals surface area contributed by atoms with Gasteiger partial charge in [0.1, 0.15) is 5.69 Å². The summed E-state index contributed by atoms with van der Waals surface area (Å²) < 4.78 is 0. The van der Waals surface area contributed by atoms with Crippen LogP contribution in [0.1, 0.15) is 22.2 Å². The summed E-state index contributed by atoms with van der Waals surface area (Å²) in [6, 6.07) is 9.65. The van der Waals surface area contributed by atoms with Crippen LogP contribution < -0.4 is 0 Å². The minimum absolute atomic E-state index is 0.0821. The summed E-state index contributed by atoms with van der Waals surface area (Å²) in [5.41, 5.74) is 1.30. The van der Waals surface area contributed by atoms with Crippen LogP contribution in [-0.2, 0) is 0 Å². The Labute approximate surface area is 135 Å². The van der Waals surface area contributed by atoms with Crippen molar-refractivity contribution in [3.05, 3.63) is 60.2 Å². The van der Waals surface area contributed by atoms with Crippen LogP contribution in [0.25, 0.3) is 0 Å². The zero-order valence-electron chi connectivity index (χ0n) is 12.9. The first-order valence-electron chi connectivity index (χ1n) is 7.74. The molecule has 0 spiro atoms. The molecular formula is C17H20N4O2. The lowest BCUT2D eigenvalue weighted by molar-refractivity contribution is 0.0522. The molecule has 0 aliphatic carbocycles. The molecule has 1 N–H and O–H groups in total. The highest BCUT2D eigenvalue weighted by Gasteiger charge is 2.24. The third-order valence-corrected chi connectivity index (χ3v) is 4.06. The van der Waals surface area contributed by atoms with E-state index in [1.165, 1.54) is 12.4 Å². The molecule has 1 aliphatic heterocycles. The van der Waals surface area contributed by atoms with Gasteiger partial charge in [0.2, 0.25) is 0 Å². The number of hydrogen-bond acceptors (Lipinski definition) is 5. The molecule has 1 amide bonds. The second kappa shape index (κ2) is 7.30. The first kappa shape index (κ1) is 15.6. The Kier molecular flexibility index (Phi) is 4.95. The van der Waals surface area contributed by atoms with Gasteiger partial charge < -0.3 is 10.0 Å². The van der Waals surface area contributed by atoms with Crippen molar-refractivity contribution in [2.24, 2.45) is 0 Å².